The molecule has 5 heteroatoms. The minimum Gasteiger partial charge on any atom is -0.502 e. The Balaban J connectivity index is 3.06. The molecule has 0 fully saturated rings. The van der Waals surface area contributed by atoms with Crippen LogP contribution in [0.25, 0.3) is 0 Å². The van der Waals surface area contributed by atoms with Crippen molar-refractivity contribution in [3.8, 4) is 5.75 Å². The first-order valence-electron chi connectivity index (χ1n) is 4.40. The molecular formula is C10H12N2O3. The molecule has 1 atom stereocenters. The van der Waals surface area contributed by atoms with E-state index in [9.17, 15) is 15.2 Å². The molecule has 0 bridgehead atoms. The molecule has 0 aliphatic carbocycles. The van der Waals surface area contributed by atoms with Crippen LogP contribution in [0.1, 0.15) is 18.0 Å². The van der Waals surface area contributed by atoms with Crippen LogP contribution >= 0.6 is 0 Å². The minimum absolute atomic E-state index is 0.327. The summed E-state index contributed by atoms with van der Waals surface area (Å²) < 4.78 is 0. The monoisotopic (exact) mass is 208 g/mol. The van der Waals surface area contributed by atoms with Crippen molar-refractivity contribution in [1.29, 1.82) is 0 Å². The van der Waals surface area contributed by atoms with Crippen molar-refractivity contribution in [3.63, 3.8) is 0 Å². The fraction of sp³-hybridized carbons (Fsp3) is 0.200. The molecule has 0 aliphatic heterocycles. The third-order valence-corrected chi connectivity index (χ3v) is 2.04. The van der Waals surface area contributed by atoms with Crippen molar-refractivity contribution in [2.45, 2.75) is 12.5 Å². The largest absolute Gasteiger partial charge is 0.502 e. The molecule has 0 amide bonds. The lowest BCUT2D eigenvalue weighted by molar-refractivity contribution is -0.385. The van der Waals surface area contributed by atoms with Gasteiger partial charge in [0.15, 0.2) is 5.75 Å². The van der Waals surface area contributed by atoms with Crippen molar-refractivity contribution in [2.75, 3.05) is 0 Å². The van der Waals surface area contributed by atoms with E-state index in [0.717, 1.165) is 0 Å². The minimum atomic E-state index is -0.639. The van der Waals surface area contributed by atoms with Crippen molar-refractivity contribution >= 4 is 5.69 Å². The van der Waals surface area contributed by atoms with E-state index in [-0.39, 0.29) is 17.5 Å². The molecule has 0 aromatic heterocycles. The summed E-state index contributed by atoms with van der Waals surface area (Å²) in [5.74, 6) is -0.352. The van der Waals surface area contributed by atoms with Crippen molar-refractivity contribution < 1.29 is 10.0 Å². The predicted octanol–water partition coefficient (Wildman–Crippen LogP) is 1.88. The van der Waals surface area contributed by atoms with Gasteiger partial charge in [-0.25, -0.2) is 0 Å². The summed E-state index contributed by atoms with van der Waals surface area (Å²) in [5, 5.41) is 19.8. The number of rotatable bonds is 4. The van der Waals surface area contributed by atoms with Gasteiger partial charge in [0.2, 0.25) is 0 Å². The Hall–Kier alpha value is -1.88. The summed E-state index contributed by atoms with van der Waals surface area (Å²) in [5.41, 5.74) is 6.03. The van der Waals surface area contributed by atoms with E-state index < -0.39 is 4.92 Å². The Morgan fingerprint density at radius 2 is 2.33 bits per heavy atom. The van der Waals surface area contributed by atoms with Gasteiger partial charge in [-0.05, 0) is 18.1 Å². The SMILES string of the molecule is C=CC[C@@H](N)c1ccc(O)c([N+](=O)[O-])c1. The highest BCUT2D eigenvalue weighted by Crippen LogP contribution is 2.28. The van der Waals surface area contributed by atoms with E-state index >= 15 is 0 Å². The molecule has 5 nitrogen and oxygen atoms in total. The summed E-state index contributed by atoms with van der Waals surface area (Å²) in [6, 6.07) is 3.79. The first-order chi connectivity index (χ1) is 7.06. The van der Waals surface area contributed by atoms with Gasteiger partial charge in [-0.3, -0.25) is 10.1 Å². The molecule has 1 rings (SSSR count). The summed E-state index contributed by atoms with van der Waals surface area (Å²) in [6.07, 6.45) is 2.17. The second kappa shape index (κ2) is 4.56. The van der Waals surface area contributed by atoms with Gasteiger partial charge in [-0.1, -0.05) is 12.1 Å². The first-order valence-corrected chi connectivity index (χ1v) is 4.40. The normalized spacial score (nSPS) is 12.1. The number of phenolic OH excluding ortho intramolecular Hbond substituents is 1. The Morgan fingerprint density at radius 1 is 1.67 bits per heavy atom. The Labute approximate surface area is 87.0 Å². The van der Waals surface area contributed by atoms with Gasteiger partial charge in [0.25, 0.3) is 0 Å². The fourth-order valence-corrected chi connectivity index (χ4v) is 1.23. The molecule has 15 heavy (non-hydrogen) atoms. The lowest BCUT2D eigenvalue weighted by Gasteiger charge is -2.09. The van der Waals surface area contributed by atoms with Gasteiger partial charge in [0.1, 0.15) is 0 Å². The zero-order chi connectivity index (χ0) is 11.4. The number of nitro benzene ring substituents is 1. The Morgan fingerprint density at radius 3 is 2.87 bits per heavy atom. The number of nitrogens with zero attached hydrogens (tertiary/aromatic N) is 1. The van der Waals surface area contributed by atoms with Crippen LogP contribution in [-0.2, 0) is 0 Å². The number of hydrogen-bond acceptors (Lipinski definition) is 4. The molecule has 0 heterocycles. The zero-order valence-corrected chi connectivity index (χ0v) is 8.09. The van der Waals surface area contributed by atoms with E-state index in [0.29, 0.717) is 12.0 Å². The van der Waals surface area contributed by atoms with Gasteiger partial charge in [0, 0.05) is 12.1 Å². The number of aromatic hydroxyl groups is 1. The van der Waals surface area contributed by atoms with Crippen molar-refractivity contribution in [1.82, 2.24) is 0 Å². The topological polar surface area (TPSA) is 89.4 Å². The second-order valence-corrected chi connectivity index (χ2v) is 3.14. The van der Waals surface area contributed by atoms with Crippen molar-refractivity contribution in [2.24, 2.45) is 5.73 Å². The molecule has 80 valence electrons. The smallest absolute Gasteiger partial charge is 0.311 e. The highest BCUT2D eigenvalue weighted by Gasteiger charge is 2.15. The van der Waals surface area contributed by atoms with Crippen LogP contribution in [0.4, 0.5) is 5.69 Å². The van der Waals surface area contributed by atoms with Crippen LogP contribution in [0.5, 0.6) is 5.75 Å². The van der Waals surface area contributed by atoms with Crippen LogP contribution in [0.15, 0.2) is 30.9 Å². The number of nitrogens with two attached hydrogens (primary N) is 1. The summed E-state index contributed by atoms with van der Waals surface area (Å²) in [7, 11) is 0. The highest BCUT2D eigenvalue weighted by atomic mass is 16.6. The maximum Gasteiger partial charge on any atom is 0.311 e. The molecule has 0 unspecified atom stereocenters. The predicted molar refractivity (Wildman–Crippen MR) is 56.5 cm³/mol. The van der Waals surface area contributed by atoms with E-state index in [1.165, 1.54) is 12.1 Å². The number of hydrogen-bond donors (Lipinski definition) is 2. The second-order valence-electron chi connectivity index (χ2n) is 3.14. The van der Waals surface area contributed by atoms with Crippen LogP contribution in [0.3, 0.4) is 0 Å². The number of benzene rings is 1. The molecule has 0 saturated heterocycles. The lowest BCUT2D eigenvalue weighted by Crippen LogP contribution is -2.09. The van der Waals surface area contributed by atoms with Gasteiger partial charge in [-0.2, -0.15) is 0 Å². The molecule has 1 aromatic carbocycles. The molecule has 0 aliphatic rings. The van der Waals surface area contributed by atoms with Crippen LogP contribution in [-0.4, -0.2) is 10.0 Å². The maximum atomic E-state index is 10.5. The third-order valence-electron chi connectivity index (χ3n) is 2.04. The van der Waals surface area contributed by atoms with Gasteiger partial charge >= 0.3 is 5.69 Å². The highest BCUT2D eigenvalue weighted by molar-refractivity contribution is 5.48. The first kappa shape index (κ1) is 11.2. The molecule has 1 aromatic rings. The lowest BCUT2D eigenvalue weighted by atomic mass is 10.0. The molecule has 3 N–H and O–H groups in total. The molecular weight excluding hydrogens is 196 g/mol. The quantitative estimate of drug-likeness (QED) is 0.449. The van der Waals surface area contributed by atoms with Crippen LogP contribution in [0.2, 0.25) is 0 Å². The van der Waals surface area contributed by atoms with E-state index in [1.807, 2.05) is 0 Å². The summed E-state index contributed by atoms with van der Waals surface area (Å²) in [6.45, 7) is 3.54. The average Bonchev–Trinajstić information content (AvgIpc) is 2.18. The van der Waals surface area contributed by atoms with Gasteiger partial charge in [0.05, 0.1) is 4.92 Å². The standard InChI is InChI=1S/C10H12N2O3/c1-2-3-8(11)7-4-5-10(13)9(6-7)12(14)15/h2,4-6,8,13H,1,3,11H2/t8-/m1/s1. The summed E-state index contributed by atoms with van der Waals surface area (Å²) in [4.78, 5) is 9.90. The fourth-order valence-electron chi connectivity index (χ4n) is 1.23. The van der Waals surface area contributed by atoms with E-state index in [1.54, 1.807) is 12.1 Å². The Bertz CT molecular complexity index is 390. The van der Waals surface area contributed by atoms with Crippen LogP contribution in [0, 0.1) is 10.1 Å². The Kier molecular flexibility index (Phi) is 3.41. The van der Waals surface area contributed by atoms with Gasteiger partial charge in [-0.15, -0.1) is 6.58 Å². The molecule has 0 spiro atoms. The van der Waals surface area contributed by atoms with E-state index in [2.05, 4.69) is 6.58 Å². The number of phenols is 1. The zero-order valence-electron chi connectivity index (χ0n) is 8.09. The summed E-state index contributed by atoms with van der Waals surface area (Å²) >= 11 is 0. The van der Waals surface area contributed by atoms with Crippen molar-refractivity contribution in [3.05, 3.63) is 46.5 Å². The molecule has 0 radical (unpaired) electrons. The van der Waals surface area contributed by atoms with Gasteiger partial charge < -0.3 is 10.8 Å². The molecule has 0 saturated carbocycles. The van der Waals surface area contributed by atoms with Crippen LogP contribution < -0.4 is 5.73 Å². The van der Waals surface area contributed by atoms with E-state index in [4.69, 9.17) is 5.73 Å². The third kappa shape index (κ3) is 2.54. The average molecular weight is 208 g/mol. The number of nitro groups is 1. The maximum absolute atomic E-state index is 10.5.